The molecule has 0 aliphatic rings. The number of fused-ring (bicyclic) bond motifs is 1. The van der Waals surface area contributed by atoms with Crippen LogP contribution in [0.3, 0.4) is 0 Å². The van der Waals surface area contributed by atoms with E-state index in [9.17, 15) is 14.4 Å². The summed E-state index contributed by atoms with van der Waals surface area (Å²) < 4.78 is 4.73. The second kappa shape index (κ2) is 8.19. The van der Waals surface area contributed by atoms with E-state index < -0.39 is 17.9 Å². The first-order chi connectivity index (χ1) is 11.6. The molecule has 0 saturated heterocycles. The van der Waals surface area contributed by atoms with Crippen molar-refractivity contribution in [3.05, 3.63) is 42.1 Å². The number of benzene rings is 1. The first-order valence-corrected chi connectivity index (χ1v) is 7.81. The van der Waals surface area contributed by atoms with Gasteiger partial charge in [-0.3, -0.25) is 14.6 Å². The number of carbonyl (C=O) groups excluding carboxylic acids is 3. The monoisotopic (exact) mass is 328 g/mol. The molecule has 2 rings (SSSR count). The molecule has 2 aromatic rings. The van der Waals surface area contributed by atoms with Gasteiger partial charge in [0, 0.05) is 24.4 Å². The number of ether oxygens (including phenoxy) is 1. The molecule has 1 atom stereocenters. The molecule has 1 amide bonds. The van der Waals surface area contributed by atoms with Crippen LogP contribution in [0.4, 0.5) is 0 Å². The van der Waals surface area contributed by atoms with E-state index in [4.69, 9.17) is 4.74 Å². The number of nitrogens with zero attached hydrogens (tertiary/aromatic N) is 1. The maximum Gasteiger partial charge on any atom is 0.328 e. The maximum absolute atomic E-state index is 12.6. The summed E-state index contributed by atoms with van der Waals surface area (Å²) in [6.45, 7) is 1.76. The number of ketones is 1. The summed E-state index contributed by atoms with van der Waals surface area (Å²) in [5, 5.41) is 3.36. The lowest BCUT2D eigenvalue weighted by Crippen LogP contribution is -2.41. The molecule has 0 radical (unpaired) electrons. The summed E-state index contributed by atoms with van der Waals surface area (Å²) in [7, 11) is 1.25. The van der Waals surface area contributed by atoms with Gasteiger partial charge in [-0.15, -0.1) is 0 Å². The third-order valence-corrected chi connectivity index (χ3v) is 3.79. The average molecular weight is 328 g/mol. The predicted molar refractivity (Wildman–Crippen MR) is 89.5 cm³/mol. The Bertz CT molecular complexity index is 752. The molecule has 1 heterocycles. The molecular weight excluding hydrogens is 308 g/mol. The third kappa shape index (κ3) is 4.16. The van der Waals surface area contributed by atoms with Crippen LogP contribution in [0.15, 0.2) is 36.5 Å². The van der Waals surface area contributed by atoms with Crippen LogP contribution in [0.25, 0.3) is 10.9 Å². The number of carbonyl (C=O) groups is 3. The highest BCUT2D eigenvalue weighted by Crippen LogP contribution is 2.16. The fourth-order valence-electron chi connectivity index (χ4n) is 2.40. The molecule has 6 nitrogen and oxygen atoms in total. The van der Waals surface area contributed by atoms with Crippen LogP contribution in [0, 0.1) is 0 Å². The molecule has 1 aromatic carbocycles. The van der Waals surface area contributed by atoms with Crippen LogP contribution in [0.1, 0.15) is 36.5 Å². The van der Waals surface area contributed by atoms with Crippen molar-refractivity contribution in [3.8, 4) is 0 Å². The van der Waals surface area contributed by atoms with E-state index in [2.05, 4.69) is 10.3 Å². The molecule has 1 N–H and O–H groups in total. The smallest absolute Gasteiger partial charge is 0.328 e. The number of para-hydroxylation sites is 1. The van der Waals surface area contributed by atoms with Crippen LogP contribution in [-0.2, 0) is 14.3 Å². The highest BCUT2D eigenvalue weighted by atomic mass is 16.5. The van der Waals surface area contributed by atoms with Gasteiger partial charge in [0.25, 0.3) is 5.91 Å². The van der Waals surface area contributed by atoms with Crippen molar-refractivity contribution in [1.29, 1.82) is 0 Å². The van der Waals surface area contributed by atoms with Gasteiger partial charge in [0.15, 0.2) is 0 Å². The van der Waals surface area contributed by atoms with Crippen molar-refractivity contribution < 1.29 is 19.1 Å². The van der Waals surface area contributed by atoms with Gasteiger partial charge < -0.3 is 10.1 Å². The maximum atomic E-state index is 12.6. The SMILES string of the molecule is CCC(=O)CC[C@H](NC(=O)c1ccnc2ccccc12)C(=O)OC. The minimum atomic E-state index is -0.857. The zero-order valence-corrected chi connectivity index (χ0v) is 13.7. The van der Waals surface area contributed by atoms with Gasteiger partial charge in [-0.1, -0.05) is 25.1 Å². The van der Waals surface area contributed by atoms with E-state index in [1.165, 1.54) is 7.11 Å². The van der Waals surface area contributed by atoms with E-state index in [-0.39, 0.29) is 18.6 Å². The molecule has 0 spiro atoms. The van der Waals surface area contributed by atoms with Crippen LogP contribution in [0.5, 0.6) is 0 Å². The van der Waals surface area contributed by atoms with Crippen LogP contribution in [-0.4, -0.2) is 35.8 Å². The standard InChI is InChI=1S/C18H20N2O4/c1-3-12(21)8-9-16(18(23)24-2)20-17(22)14-10-11-19-15-7-5-4-6-13(14)15/h4-7,10-11,16H,3,8-9H2,1-2H3,(H,20,22)/t16-/m0/s1. The summed E-state index contributed by atoms with van der Waals surface area (Å²) in [6, 6.07) is 8.01. The third-order valence-electron chi connectivity index (χ3n) is 3.79. The summed E-state index contributed by atoms with van der Waals surface area (Å²) in [4.78, 5) is 40.1. The Balaban J connectivity index is 2.19. The van der Waals surface area contributed by atoms with Gasteiger partial charge in [-0.05, 0) is 18.6 Å². The topological polar surface area (TPSA) is 85.4 Å². The highest BCUT2D eigenvalue weighted by molar-refractivity contribution is 6.07. The number of aromatic nitrogens is 1. The lowest BCUT2D eigenvalue weighted by atomic mass is 10.1. The average Bonchev–Trinajstić information content (AvgIpc) is 2.63. The molecule has 0 bridgehead atoms. The first-order valence-electron chi connectivity index (χ1n) is 7.81. The van der Waals surface area contributed by atoms with E-state index in [0.717, 1.165) is 0 Å². The van der Waals surface area contributed by atoms with E-state index in [1.807, 2.05) is 18.2 Å². The van der Waals surface area contributed by atoms with E-state index >= 15 is 0 Å². The quantitative estimate of drug-likeness (QED) is 0.788. The van der Waals surface area contributed by atoms with E-state index in [0.29, 0.717) is 22.9 Å². The number of pyridine rings is 1. The predicted octanol–water partition coefficient (Wildman–Crippen LogP) is 2.27. The van der Waals surface area contributed by atoms with Gasteiger partial charge in [-0.2, -0.15) is 0 Å². The van der Waals surface area contributed by atoms with Crippen molar-refractivity contribution in [2.75, 3.05) is 7.11 Å². The van der Waals surface area contributed by atoms with Gasteiger partial charge >= 0.3 is 5.97 Å². The molecule has 6 heteroatoms. The molecule has 0 aliphatic heterocycles. The number of methoxy groups -OCH3 is 1. The minimum absolute atomic E-state index is 0.0347. The summed E-state index contributed by atoms with van der Waals surface area (Å²) >= 11 is 0. The molecule has 24 heavy (non-hydrogen) atoms. The van der Waals surface area contributed by atoms with Crippen molar-refractivity contribution in [2.45, 2.75) is 32.2 Å². The number of hydrogen-bond donors (Lipinski definition) is 1. The number of rotatable bonds is 7. The van der Waals surface area contributed by atoms with Crippen molar-refractivity contribution in [1.82, 2.24) is 10.3 Å². The van der Waals surface area contributed by atoms with Gasteiger partial charge in [0.1, 0.15) is 11.8 Å². The van der Waals surface area contributed by atoms with Gasteiger partial charge in [0.05, 0.1) is 18.2 Å². The van der Waals surface area contributed by atoms with E-state index in [1.54, 1.807) is 25.3 Å². The zero-order chi connectivity index (χ0) is 17.5. The summed E-state index contributed by atoms with van der Waals surface area (Å²) in [6.07, 6.45) is 2.38. The number of hydrogen-bond acceptors (Lipinski definition) is 5. The second-order valence-corrected chi connectivity index (χ2v) is 5.36. The lowest BCUT2D eigenvalue weighted by Gasteiger charge is -2.16. The summed E-state index contributed by atoms with van der Waals surface area (Å²) in [5.41, 5.74) is 1.12. The molecule has 0 saturated carbocycles. The molecule has 126 valence electrons. The highest BCUT2D eigenvalue weighted by Gasteiger charge is 2.23. The molecule has 0 aliphatic carbocycles. The van der Waals surface area contributed by atoms with Gasteiger partial charge in [-0.25, -0.2) is 4.79 Å². The van der Waals surface area contributed by atoms with Crippen molar-refractivity contribution in [2.24, 2.45) is 0 Å². The normalized spacial score (nSPS) is 11.8. The number of esters is 1. The van der Waals surface area contributed by atoms with Crippen molar-refractivity contribution in [3.63, 3.8) is 0 Å². The second-order valence-electron chi connectivity index (χ2n) is 5.36. The Morgan fingerprint density at radius 3 is 2.67 bits per heavy atom. The van der Waals surface area contributed by atoms with Crippen LogP contribution >= 0.6 is 0 Å². The molecule has 0 fully saturated rings. The Morgan fingerprint density at radius 2 is 1.96 bits per heavy atom. The Labute approximate surface area is 140 Å². The minimum Gasteiger partial charge on any atom is -0.467 e. The fourth-order valence-corrected chi connectivity index (χ4v) is 2.40. The van der Waals surface area contributed by atoms with Crippen LogP contribution < -0.4 is 5.32 Å². The number of nitrogens with one attached hydrogen (secondary N) is 1. The Hall–Kier alpha value is -2.76. The summed E-state index contributed by atoms with van der Waals surface area (Å²) in [5.74, 6) is -0.925. The van der Waals surface area contributed by atoms with Crippen molar-refractivity contribution >= 4 is 28.6 Å². The van der Waals surface area contributed by atoms with Gasteiger partial charge in [0.2, 0.25) is 0 Å². The van der Waals surface area contributed by atoms with Crippen LogP contribution in [0.2, 0.25) is 0 Å². The molecule has 1 aromatic heterocycles. The first kappa shape index (κ1) is 17.6. The largest absolute Gasteiger partial charge is 0.467 e. The fraction of sp³-hybridized carbons (Fsp3) is 0.333. The Kier molecular flexibility index (Phi) is 6.01. The Morgan fingerprint density at radius 1 is 1.21 bits per heavy atom. The zero-order valence-electron chi connectivity index (χ0n) is 13.7. The number of amides is 1. The molecular formula is C18H20N2O4. The number of Topliss-reactive ketones (excluding diaryl/α,β-unsaturated/α-hetero) is 1. The molecule has 0 unspecified atom stereocenters. The lowest BCUT2D eigenvalue weighted by molar-refractivity contribution is -0.143.